The Balaban J connectivity index is 1.67. The van der Waals surface area contributed by atoms with Gasteiger partial charge in [0.2, 0.25) is 0 Å². The average molecular weight is 541 g/mol. The standard InChI is InChI=1S/C35H26BrN/c1-35(2)30-20-25(36)18-19-27(30)28-21-29-32(22-31(28)35)37(26-16-10-5-11-17-26)34(24-14-8-4-9-15-24)33(29)23-12-6-3-7-13-23/h3-22H,1-2H3. The molecule has 1 aliphatic carbocycles. The molecule has 1 heterocycles. The minimum atomic E-state index is -0.0890. The molecule has 0 atom stereocenters. The molecule has 0 radical (unpaired) electrons. The van der Waals surface area contributed by atoms with Gasteiger partial charge in [0, 0.05) is 26.5 Å². The Morgan fingerprint density at radius 2 is 1.19 bits per heavy atom. The van der Waals surface area contributed by atoms with Crippen LogP contribution in [0.25, 0.3) is 50.1 Å². The molecule has 1 aliphatic rings. The van der Waals surface area contributed by atoms with Crippen LogP contribution in [0.1, 0.15) is 25.0 Å². The summed E-state index contributed by atoms with van der Waals surface area (Å²) in [5, 5.41) is 1.28. The van der Waals surface area contributed by atoms with E-state index in [4.69, 9.17) is 0 Å². The smallest absolute Gasteiger partial charge is 0.0619 e. The highest BCUT2D eigenvalue weighted by molar-refractivity contribution is 9.10. The van der Waals surface area contributed by atoms with Crippen LogP contribution in [0.5, 0.6) is 0 Å². The third-order valence-electron chi connectivity index (χ3n) is 7.85. The third-order valence-corrected chi connectivity index (χ3v) is 8.34. The number of halogens is 1. The Kier molecular flexibility index (Phi) is 5.02. The highest BCUT2D eigenvalue weighted by atomic mass is 79.9. The van der Waals surface area contributed by atoms with E-state index in [9.17, 15) is 0 Å². The molecule has 0 N–H and O–H groups in total. The lowest BCUT2D eigenvalue weighted by Gasteiger charge is -2.22. The van der Waals surface area contributed by atoms with Crippen LogP contribution in [-0.4, -0.2) is 4.57 Å². The summed E-state index contributed by atoms with van der Waals surface area (Å²) >= 11 is 3.71. The van der Waals surface area contributed by atoms with Crippen LogP contribution < -0.4 is 0 Å². The molecular formula is C35H26BrN. The van der Waals surface area contributed by atoms with Gasteiger partial charge in [-0.25, -0.2) is 0 Å². The fourth-order valence-electron chi connectivity index (χ4n) is 6.10. The molecule has 0 fully saturated rings. The first-order valence-corrected chi connectivity index (χ1v) is 13.5. The first kappa shape index (κ1) is 22.3. The van der Waals surface area contributed by atoms with Gasteiger partial charge in [0.15, 0.2) is 0 Å². The lowest BCUT2D eigenvalue weighted by atomic mass is 9.82. The summed E-state index contributed by atoms with van der Waals surface area (Å²) in [4.78, 5) is 0. The number of hydrogen-bond acceptors (Lipinski definition) is 0. The highest BCUT2D eigenvalue weighted by Gasteiger charge is 2.37. The Hall–Kier alpha value is -3.88. The molecule has 37 heavy (non-hydrogen) atoms. The minimum absolute atomic E-state index is 0.0890. The van der Waals surface area contributed by atoms with E-state index < -0.39 is 0 Å². The monoisotopic (exact) mass is 539 g/mol. The molecule has 0 saturated heterocycles. The van der Waals surface area contributed by atoms with Gasteiger partial charge in [0.25, 0.3) is 0 Å². The van der Waals surface area contributed by atoms with Crippen molar-refractivity contribution in [3.63, 3.8) is 0 Å². The quantitative estimate of drug-likeness (QED) is 0.211. The van der Waals surface area contributed by atoms with Crippen molar-refractivity contribution < 1.29 is 0 Å². The predicted molar refractivity (Wildman–Crippen MR) is 159 cm³/mol. The lowest BCUT2D eigenvalue weighted by Crippen LogP contribution is -2.15. The van der Waals surface area contributed by atoms with Crippen LogP contribution >= 0.6 is 15.9 Å². The average Bonchev–Trinajstić information content (AvgIpc) is 3.38. The molecular weight excluding hydrogens is 514 g/mol. The maximum atomic E-state index is 3.71. The first-order valence-electron chi connectivity index (χ1n) is 12.7. The second-order valence-electron chi connectivity index (χ2n) is 10.4. The zero-order valence-electron chi connectivity index (χ0n) is 20.9. The summed E-state index contributed by atoms with van der Waals surface area (Å²) in [6.45, 7) is 4.70. The van der Waals surface area contributed by atoms with Crippen molar-refractivity contribution in [3.8, 4) is 39.2 Å². The number of hydrogen-bond donors (Lipinski definition) is 0. The van der Waals surface area contributed by atoms with Gasteiger partial charge < -0.3 is 4.57 Å². The number of para-hydroxylation sites is 1. The van der Waals surface area contributed by atoms with Gasteiger partial charge in [-0.3, -0.25) is 0 Å². The van der Waals surface area contributed by atoms with Gasteiger partial charge >= 0.3 is 0 Å². The first-order chi connectivity index (χ1) is 18.0. The Labute approximate surface area is 226 Å². The minimum Gasteiger partial charge on any atom is -0.309 e. The summed E-state index contributed by atoms with van der Waals surface area (Å²) in [6.07, 6.45) is 0. The molecule has 0 aliphatic heterocycles. The van der Waals surface area contributed by atoms with Crippen molar-refractivity contribution >= 4 is 26.8 Å². The summed E-state index contributed by atoms with van der Waals surface area (Å²) in [5.74, 6) is 0. The zero-order chi connectivity index (χ0) is 25.1. The van der Waals surface area contributed by atoms with Crippen LogP contribution in [0.3, 0.4) is 0 Å². The number of fused-ring (bicyclic) bond motifs is 4. The van der Waals surface area contributed by atoms with Crippen molar-refractivity contribution in [2.45, 2.75) is 19.3 Å². The summed E-state index contributed by atoms with van der Waals surface area (Å²) < 4.78 is 3.59. The van der Waals surface area contributed by atoms with E-state index >= 15 is 0 Å². The van der Waals surface area contributed by atoms with Crippen molar-refractivity contribution in [2.24, 2.45) is 0 Å². The van der Waals surface area contributed by atoms with E-state index in [2.05, 4.69) is 156 Å². The normalized spacial score (nSPS) is 13.5. The molecule has 178 valence electrons. The molecule has 0 amide bonds. The predicted octanol–water partition coefficient (Wildman–Crippen LogP) is 10.0. The molecule has 0 unspecified atom stereocenters. The molecule has 7 rings (SSSR count). The molecule has 0 bridgehead atoms. The number of nitrogens with zero attached hydrogens (tertiary/aromatic N) is 1. The Bertz CT molecular complexity index is 1780. The van der Waals surface area contributed by atoms with Gasteiger partial charge in [-0.2, -0.15) is 0 Å². The number of rotatable bonds is 3. The summed E-state index contributed by atoms with van der Waals surface area (Å²) in [6, 6.07) is 44.0. The number of aromatic nitrogens is 1. The molecule has 0 saturated carbocycles. The number of benzene rings is 5. The van der Waals surface area contributed by atoms with Gasteiger partial charge in [0.1, 0.15) is 0 Å². The van der Waals surface area contributed by atoms with Crippen molar-refractivity contribution in [1.82, 2.24) is 4.57 Å². The Morgan fingerprint density at radius 3 is 1.86 bits per heavy atom. The lowest BCUT2D eigenvalue weighted by molar-refractivity contribution is 0.660. The van der Waals surface area contributed by atoms with Crippen LogP contribution in [-0.2, 0) is 5.41 Å². The van der Waals surface area contributed by atoms with E-state index in [0.29, 0.717) is 0 Å². The van der Waals surface area contributed by atoms with Crippen LogP contribution in [0.4, 0.5) is 0 Å². The zero-order valence-corrected chi connectivity index (χ0v) is 22.5. The fraction of sp³-hybridized carbons (Fsp3) is 0.0857. The van der Waals surface area contributed by atoms with Crippen molar-refractivity contribution in [3.05, 3.63) is 137 Å². The van der Waals surface area contributed by atoms with Gasteiger partial charge in [-0.05, 0) is 69.8 Å². The molecule has 6 aromatic rings. The fourth-order valence-corrected chi connectivity index (χ4v) is 6.46. The molecule has 1 aromatic heterocycles. The largest absolute Gasteiger partial charge is 0.309 e. The van der Waals surface area contributed by atoms with Gasteiger partial charge in [-0.1, -0.05) is 115 Å². The molecule has 5 aromatic carbocycles. The molecule has 0 spiro atoms. The highest BCUT2D eigenvalue weighted by Crippen LogP contribution is 2.53. The molecule has 2 heteroatoms. The molecule has 1 nitrogen and oxygen atoms in total. The SMILES string of the molecule is CC1(C)c2cc(Br)ccc2-c2cc3c(-c4ccccc4)c(-c4ccccc4)n(-c4ccccc4)c3cc21. The Morgan fingerprint density at radius 1 is 0.595 bits per heavy atom. The van der Waals surface area contributed by atoms with Crippen molar-refractivity contribution in [1.29, 1.82) is 0 Å². The van der Waals surface area contributed by atoms with Crippen LogP contribution in [0.2, 0.25) is 0 Å². The van der Waals surface area contributed by atoms with E-state index in [1.54, 1.807) is 0 Å². The van der Waals surface area contributed by atoms with Gasteiger partial charge in [-0.15, -0.1) is 0 Å². The summed E-state index contributed by atoms with van der Waals surface area (Å²) in [5.41, 5.74) is 12.7. The second-order valence-corrected chi connectivity index (χ2v) is 11.3. The van der Waals surface area contributed by atoms with Crippen LogP contribution in [0, 0.1) is 0 Å². The second kappa shape index (κ2) is 8.33. The van der Waals surface area contributed by atoms with Crippen molar-refractivity contribution in [2.75, 3.05) is 0 Å². The van der Waals surface area contributed by atoms with E-state index in [1.165, 1.54) is 61.2 Å². The van der Waals surface area contributed by atoms with E-state index in [1.807, 2.05) is 0 Å². The summed E-state index contributed by atoms with van der Waals surface area (Å²) in [7, 11) is 0. The van der Waals surface area contributed by atoms with Gasteiger partial charge in [0.05, 0.1) is 11.2 Å². The van der Waals surface area contributed by atoms with Crippen LogP contribution in [0.15, 0.2) is 126 Å². The maximum Gasteiger partial charge on any atom is 0.0619 e. The van der Waals surface area contributed by atoms with E-state index in [-0.39, 0.29) is 5.41 Å². The maximum absolute atomic E-state index is 3.71. The van der Waals surface area contributed by atoms with E-state index in [0.717, 1.165) is 4.47 Å². The topological polar surface area (TPSA) is 4.93 Å². The third kappa shape index (κ3) is 3.36.